The number of aromatic amines is 1. The van der Waals surface area contributed by atoms with Crippen molar-refractivity contribution in [1.29, 1.82) is 0 Å². The van der Waals surface area contributed by atoms with Crippen molar-refractivity contribution in [2.75, 3.05) is 6.61 Å². The minimum atomic E-state index is 0.469. The SMILES string of the molecule is CCOc1ccc(Sc2cc(C)[nH]c(=S)n2)nn1. The summed E-state index contributed by atoms with van der Waals surface area (Å²) in [6.07, 6.45) is 0. The van der Waals surface area contributed by atoms with Crippen LogP contribution in [0.25, 0.3) is 0 Å². The lowest BCUT2D eigenvalue weighted by Gasteiger charge is -2.02. The normalized spacial score (nSPS) is 10.3. The van der Waals surface area contributed by atoms with Crippen LogP contribution in [0.15, 0.2) is 28.3 Å². The van der Waals surface area contributed by atoms with E-state index in [4.69, 9.17) is 17.0 Å². The van der Waals surface area contributed by atoms with Crippen LogP contribution >= 0.6 is 24.0 Å². The molecule has 18 heavy (non-hydrogen) atoms. The van der Waals surface area contributed by atoms with Crippen molar-refractivity contribution in [2.45, 2.75) is 23.9 Å². The van der Waals surface area contributed by atoms with E-state index >= 15 is 0 Å². The van der Waals surface area contributed by atoms with Crippen molar-refractivity contribution in [3.05, 3.63) is 28.7 Å². The summed E-state index contributed by atoms with van der Waals surface area (Å²) in [5.41, 5.74) is 0.969. The van der Waals surface area contributed by atoms with Crippen LogP contribution in [0, 0.1) is 11.7 Å². The molecule has 7 heteroatoms. The molecule has 2 aromatic heterocycles. The summed E-state index contributed by atoms with van der Waals surface area (Å²) in [5, 5.41) is 9.57. The molecule has 0 amide bonds. The molecule has 94 valence electrons. The van der Waals surface area contributed by atoms with E-state index in [0.717, 1.165) is 15.7 Å². The van der Waals surface area contributed by atoms with Gasteiger partial charge in [-0.3, -0.25) is 0 Å². The Morgan fingerprint density at radius 3 is 2.78 bits per heavy atom. The Bertz CT molecular complexity index is 582. The van der Waals surface area contributed by atoms with Crippen LogP contribution in [0.4, 0.5) is 0 Å². The summed E-state index contributed by atoms with van der Waals surface area (Å²) in [6.45, 7) is 4.42. The van der Waals surface area contributed by atoms with Crippen LogP contribution in [0.3, 0.4) is 0 Å². The zero-order valence-corrected chi connectivity index (χ0v) is 11.6. The molecule has 2 rings (SSSR count). The zero-order valence-electron chi connectivity index (χ0n) is 10.0. The Morgan fingerprint density at radius 1 is 1.33 bits per heavy atom. The van der Waals surface area contributed by atoms with Gasteiger partial charge < -0.3 is 9.72 Å². The third-order valence-electron chi connectivity index (χ3n) is 1.97. The lowest BCUT2D eigenvalue weighted by atomic mass is 10.5. The van der Waals surface area contributed by atoms with Crippen molar-refractivity contribution < 1.29 is 4.74 Å². The van der Waals surface area contributed by atoms with Crippen LogP contribution in [-0.2, 0) is 0 Å². The molecule has 0 aromatic carbocycles. The standard InChI is InChI=1S/C11H12N4OS2/c1-3-16-8-4-5-9(15-14-8)18-10-6-7(2)12-11(17)13-10/h4-6H,3H2,1-2H3,(H,12,13,17). The van der Waals surface area contributed by atoms with E-state index in [-0.39, 0.29) is 0 Å². The van der Waals surface area contributed by atoms with Gasteiger partial charge in [-0.2, -0.15) is 0 Å². The van der Waals surface area contributed by atoms with Gasteiger partial charge in [-0.15, -0.1) is 10.2 Å². The molecule has 0 aliphatic heterocycles. The maximum Gasteiger partial charge on any atom is 0.233 e. The van der Waals surface area contributed by atoms with Gasteiger partial charge in [-0.1, -0.05) is 0 Å². The molecule has 0 bridgehead atoms. The molecule has 0 saturated carbocycles. The summed E-state index contributed by atoms with van der Waals surface area (Å²) in [5.74, 6) is 0.524. The predicted octanol–water partition coefficient (Wildman–Crippen LogP) is 2.79. The number of rotatable bonds is 4. The summed E-state index contributed by atoms with van der Waals surface area (Å²) in [7, 11) is 0. The van der Waals surface area contributed by atoms with E-state index < -0.39 is 0 Å². The van der Waals surface area contributed by atoms with E-state index in [1.165, 1.54) is 11.8 Å². The molecule has 0 aliphatic carbocycles. The number of hydrogen-bond acceptors (Lipinski definition) is 6. The van der Waals surface area contributed by atoms with Crippen molar-refractivity contribution in [2.24, 2.45) is 0 Å². The molecule has 0 fully saturated rings. The Balaban J connectivity index is 2.15. The first kappa shape index (κ1) is 13.0. The maximum atomic E-state index is 5.23. The van der Waals surface area contributed by atoms with Gasteiger partial charge in [0.25, 0.3) is 0 Å². The molecule has 0 radical (unpaired) electrons. The summed E-state index contributed by atoms with van der Waals surface area (Å²) in [6, 6.07) is 5.55. The predicted molar refractivity (Wildman–Crippen MR) is 71.5 cm³/mol. The fraction of sp³-hybridized carbons (Fsp3) is 0.273. The van der Waals surface area contributed by atoms with Gasteiger partial charge in [0.15, 0.2) is 4.77 Å². The van der Waals surface area contributed by atoms with Crippen molar-refractivity contribution in [3.63, 3.8) is 0 Å². The fourth-order valence-electron chi connectivity index (χ4n) is 1.30. The maximum absolute atomic E-state index is 5.23. The van der Waals surface area contributed by atoms with Crippen LogP contribution in [0.5, 0.6) is 5.88 Å². The highest BCUT2D eigenvalue weighted by atomic mass is 32.2. The second-order valence-corrected chi connectivity index (χ2v) is 4.88. The molecule has 0 saturated heterocycles. The topological polar surface area (TPSA) is 63.7 Å². The highest BCUT2D eigenvalue weighted by Crippen LogP contribution is 2.24. The van der Waals surface area contributed by atoms with E-state index in [1.54, 1.807) is 6.07 Å². The molecule has 2 heterocycles. The number of aromatic nitrogens is 4. The van der Waals surface area contributed by atoms with Gasteiger partial charge in [0, 0.05) is 11.8 Å². The Kier molecular flexibility index (Phi) is 4.27. The smallest absolute Gasteiger partial charge is 0.233 e. The quantitative estimate of drug-likeness (QED) is 0.686. The largest absolute Gasteiger partial charge is 0.477 e. The van der Waals surface area contributed by atoms with Crippen LogP contribution in [0.2, 0.25) is 0 Å². The first-order valence-electron chi connectivity index (χ1n) is 5.39. The summed E-state index contributed by atoms with van der Waals surface area (Å²) in [4.78, 5) is 7.17. The molecule has 5 nitrogen and oxygen atoms in total. The van der Waals surface area contributed by atoms with E-state index in [0.29, 0.717) is 17.3 Å². The lowest BCUT2D eigenvalue weighted by molar-refractivity contribution is 0.321. The summed E-state index contributed by atoms with van der Waals surface area (Å²) < 4.78 is 5.70. The number of H-pyrrole nitrogens is 1. The van der Waals surface area contributed by atoms with Crippen molar-refractivity contribution >= 4 is 24.0 Å². The van der Waals surface area contributed by atoms with Crippen LogP contribution in [0.1, 0.15) is 12.6 Å². The van der Waals surface area contributed by atoms with Gasteiger partial charge in [0.05, 0.1) is 6.61 Å². The monoisotopic (exact) mass is 280 g/mol. The van der Waals surface area contributed by atoms with E-state index in [9.17, 15) is 0 Å². The third kappa shape index (κ3) is 3.51. The molecule has 0 unspecified atom stereocenters. The third-order valence-corrected chi connectivity index (χ3v) is 3.01. The number of nitrogens with zero attached hydrogens (tertiary/aromatic N) is 3. The van der Waals surface area contributed by atoms with E-state index in [1.807, 2.05) is 26.0 Å². The van der Waals surface area contributed by atoms with Crippen molar-refractivity contribution in [1.82, 2.24) is 20.2 Å². The number of hydrogen-bond donors (Lipinski definition) is 1. The van der Waals surface area contributed by atoms with Gasteiger partial charge in [-0.05, 0) is 50.0 Å². The van der Waals surface area contributed by atoms with E-state index in [2.05, 4.69) is 20.2 Å². The Hall–Kier alpha value is -1.47. The van der Waals surface area contributed by atoms with Crippen LogP contribution < -0.4 is 4.74 Å². The average molecular weight is 280 g/mol. The molecular weight excluding hydrogens is 268 g/mol. The average Bonchev–Trinajstić information content (AvgIpc) is 2.31. The minimum Gasteiger partial charge on any atom is -0.477 e. The number of nitrogens with one attached hydrogen (secondary N) is 1. The second-order valence-electron chi connectivity index (χ2n) is 3.45. The number of ether oxygens (including phenoxy) is 1. The molecule has 1 N–H and O–H groups in total. The Labute approximate surface area is 114 Å². The number of aryl methyl sites for hydroxylation is 1. The second kappa shape index (κ2) is 5.92. The fourth-order valence-corrected chi connectivity index (χ4v) is 2.42. The molecule has 0 atom stereocenters. The molecule has 0 spiro atoms. The van der Waals surface area contributed by atoms with Gasteiger partial charge in [0.2, 0.25) is 5.88 Å². The lowest BCUT2D eigenvalue weighted by Crippen LogP contribution is -1.96. The van der Waals surface area contributed by atoms with Gasteiger partial charge in [-0.25, -0.2) is 4.98 Å². The molecule has 2 aromatic rings. The van der Waals surface area contributed by atoms with Crippen molar-refractivity contribution in [3.8, 4) is 5.88 Å². The molecule has 0 aliphatic rings. The first-order chi connectivity index (χ1) is 8.67. The molecular formula is C11H12N4OS2. The Morgan fingerprint density at radius 2 is 2.17 bits per heavy atom. The van der Waals surface area contributed by atoms with Gasteiger partial charge in [0.1, 0.15) is 10.1 Å². The minimum absolute atomic E-state index is 0.469. The zero-order chi connectivity index (χ0) is 13.0. The first-order valence-corrected chi connectivity index (χ1v) is 6.62. The highest BCUT2D eigenvalue weighted by molar-refractivity contribution is 7.99. The highest BCUT2D eigenvalue weighted by Gasteiger charge is 2.03. The van der Waals surface area contributed by atoms with Crippen LogP contribution in [-0.4, -0.2) is 26.8 Å². The summed E-state index contributed by atoms with van der Waals surface area (Å²) >= 11 is 6.44. The van der Waals surface area contributed by atoms with Gasteiger partial charge >= 0.3 is 0 Å².